The minimum atomic E-state index is -3.34. The predicted octanol–water partition coefficient (Wildman–Crippen LogP) is 2.21. The van der Waals surface area contributed by atoms with E-state index in [0.29, 0.717) is 32.0 Å². The van der Waals surface area contributed by atoms with Crippen LogP contribution in [0.15, 0.2) is 24.4 Å². The predicted molar refractivity (Wildman–Crippen MR) is 93.6 cm³/mol. The van der Waals surface area contributed by atoms with E-state index in [9.17, 15) is 8.42 Å². The summed E-state index contributed by atoms with van der Waals surface area (Å²) in [5.41, 5.74) is 3.60. The Labute approximate surface area is 138 Å². The summed E-state index contributed by atoms with van der Waals surface area (Å²) in [4.78, 5) is 0. The molecule has 0 saturated carbocycles. The third-order valence-corrected chi connectivity index (χ3v) is 6.21. The van der Waals surface area contributed by atoms with Gasteiger partial charge in [-0.05, 0) is 42.9 Å². The lowest BCUT2D eigenvalue weighted by Crippen LogP contribution is -2.40. The standard InChI is InChI=1S/C17H25N3O2S/c1-13-4-5-16-15(12-19(3)17(16)10-13)6-8-18-23(21,22)20-9-7-14(2)11-20/h4-5,10,12,14,18H,6-9,11H2,1-3H3. The first-order chi connectivity index (χ1) is 10.9. The first-order valence-electron chi connectivity index (χ1n) is 8.16. The average Bonchev–Trinajstić information content (AvgIpc) is 3.04. The highest BCUT2D eigenvalue weighted by atomic mass is 32.2. The van der Waals surface area contributed by atoms with E-state index in [1.54, 1.807) is 4.31 Å². The molecule has 0 aliphatic carbocycles. The largest absolute Gasteiger partial charge is 0.350 e. The van der Waals surface area contributed by atoms with Crippen molar-refractivity contribution in [3.8, 4) is 0 Å². The SMILES string of the molecule is Cc1ccc2c(CCNS(=O)(=O)N3CCC(C)C3)cn(C)c2c1. The van der Waals surface area contributed by atoms with Crippen LogP contribution in [0.5, 0.6) is 0 Å². The van der Waals surface area contributed by atoms with Gasteiger partial charge in [-0.15, -0.1) is 0 Å². The second-order valence-electron chi connectivity index (χ2n) is 6.69. The molecule has 1 aliphatic heterocycles. The summed E-state index contributed by atoms with van der Waals surface area (Å²) >= 11 is 0. The van der Waals surface area contributed by atoms with E-state index in [2.05, 4.69) is 47.5 Å². The number of hydrogen-bond donors (Lipinski definition) is 1. The van der Waals surface area contributed by atoms with Gasteiger partial charge in [0.15, 0.2) is 0 Å². The molecule has 1 atom stereocenters. The zero-order valence-corrected chi connectivity index (χ0v) is 14.9. The molecule has 1 aliphatic rings. The van der Waals surface area contributed by atoms with Crippen molar-refractivity contribution in [1.82, 2.24) is 13.6 Å². The lowest BCUT2D eigenvalue weighted by molar-refractivity contribution is 0.453. The first kappa shape index (κ1) is 16.5. The van der Waals surface area contributed by atoms with Gasteiger partial charge < -0.3 is 4.57 Å². The summed E-state index contributed by atoms with van der Waals surface area (Å²) in [7, 11) is -1.31. The monoisotopic (exact) mass is 335 g/mol. The summed E-state index contributed by atoms with van der Waals surface area (Å²) in [6.07, 6.45) is 3.74. The maximum Gasteiger partial charge on any atom is 0.279 e. The van der Waals surface area contributed by atoms with E-state index in [1.807, 2.05) is 7.05 Å². The maximum absolute atomic E-state index is 12.3. The molecule has 126 valence electrons. The van der Waals surface area contributed by atoms with Crippen LogP contribution in [0, 0.1) is 12.8 Å². The molecule has 1 unspecified atom stereocenters. The molecule has 2 aromatic rings. The number of hydrogen-bond acceptors (Lipinski definition) is 2. The van der Waals surface area contributed by atoms with Crippen LogP contribution in [0.4, 0.5) is 0 Å². The van der Waals surface area contributed by atoms with Crippen molar-refractivity contribution in [2.24, 2.45) is 13.0 Å². The Hall–Kier alpha value is -1.37. The van der Waals surface area contributed by atoms with Gasteiger partial charge in [-0.2, -0.15) is 12.7 Å². The van der Waals surface area contributed by atoms with E-state index < -0.39 is 10.2 Å². The fraction of sp³-hybridized carbons (Fsp3) is 0.529. The van der Waals surface area contributed by atoms with Crippen molar-refractivity contribution in [2.45, 2.75) is 26.7 Å². The van der Waals surface area contributed by atoms with E-state index in [-0.39, 0.29) is 0 Å². The summed E-state index contributed by atoms with van der Waals surface area (Å²) in [5, 5.41) is 1.20. The number of rotatable bonds is 5. The topological polar surface area (TPSA) is 54.3 Å². The molecule has 1 aromatic heterocycles. The number of benzene rings is 1. The van der Waals surface area contributed by atoms with Crippen molar-refractivity contribution in [2.75, 3.05) is 19.6 Å². The number of fused-ring (bicyclic) bond motifs is 1. The van der Waals surface area contributed by atoms with Gasteiger partial charge in [-0.25, -0.2) is 4.72 Å². The van der Waals surface area contributed by atoms with Crippen LogP contribution in [0.3, 0.4) is 0 Å². The second kappa shape index (κ2) is 6.26. The van der Waals surface area contributed by atoms with Gasteiger partial charge in [0.05, 0.1) is 0 Å². The molecule has 1 fully saturated rings. The van der Waals surface area contributed by atoms with Gasteiger partial charge in [-0.1, -0.05) is 19.1 Å². The average molecular weight is 335 g/mol. The molecule has 0 bridgehead atoms. The quantitative estimate of drug-likeness (QED) is 0.911. The fourth-order valence-electron chi connectivity index (χ4n) is 3.30. The van der Waals surface area contributed by atoms with Crippen LogP contribution >= 0.6 is 0 Å². The van der Waals surface area contributed by atoms with E-state index in [0.717, 1.165) is 6.42 Å². The highest BCUT2D eigenvalue weighted by Gasteiger charge is 2.28. The van der Waals surface area contributed by atoms with Crippen LogP contribution < -0.4 is 4.72 Å². The van der Waals surface area contributed by atoms with Gasteiger partial charge in [0.1, 0.15) is 0 Å². The van der Waals surface area contributed by atoms with Gasteiger partial charge in [-0.3, -0.25) is 0 Å². The Kier molecular flexibility index (Phi) is 4.49. The van der Waals surface area contributed by atoms with Crippen LogP contribution in [0.25, 0.3) is 10.9 Å². The maximum atomic E-state index is 12.3. The van der Waals surface area contributed by atoms with Crippen molar-refractivity contribution < 1.29 is 8.42 Å². The molecule has 6 heteroatoms. The zero-order valence-electron chi connectivity index (χ0n) is 14.0. The highest BCUT2D eigenvalue weighted by Crippen LogP contribution is 2.22. The summed E-state index contributed by atoms with van der Waals surface area (Å²) < 4.78 is 31.0. The molecule has 0 amide bonds. The van der Waals surface area contributed by atoms with Crippen molar-refractivity contribution in [3.63, 3.8) is 0 Å². The number of aryl methyl sites for hydroxylation is 2. The van der Waals surface area contributed by atoms with E-state index in [1.165, 1.54) is 22.0 Å². The van der Waals surface area contributed by atoms with Gasteiger partial charge >= 0.3 is 0 Å². The zero-order chi connectivity index (χ0) is 16.6. The van der Waals surface area contributed by atoms with E-state index in [4.69, 9.17) is 0 Å². The molecular weight excluding hydrogens is 310 g/mol. The lowest BCUT2D eigenvalue weighted by atomic mass is 10.1. The van der Waals surface area contributed by atoms with Crippen molar-refractivity contribution in [1.29, 1.82) is 0 Å². The number of aromatic nitrogens is 1. The Bertz CT molecular complexity index is 811. The Morgan fingerprint density at radius 1 is 1.35 bits per heavy atom. The first-order valence-corrected chi connectivity index (χ1v) is 9.60. The molecule has 0 spiro atoms. The molecule has 1 aromatic carbocycles. The minimum Gasteiger partial charge on any atom is -0.350 e. The summed E-state index contributed by atoms with van der Waals surface area (Å²) in [5.74, 6) is 0.452. The van der Waals surface area contributed by atoms with Gasteiger partial charge in [0, 0.05) is 43.8 Å². The Balaban J connectivity index is 1.67. The van der Waals surface area contributed by atoms with Crippen LogP contribution in [0.2, 0.25) is 0 Å². The van der Waals surface area contributed by atoms with Gasteiger partial charge in [0.25, 0.3) is 10.2 Å². The van der Waals surface area contributed by atoms with E-state index >= 15 is 0 Å². The smallest absolute Gasteiger partial charge is 0.279 e. The molecule has 0 radical (unpaired) electrons. The van der Waals surface area contributed by atoms with Crippen molar-refractivity contribution >= 4 is 21.1 Å². The third kappa shape index (κ3) is 3.44. The lowest BCUT2D eigenvalue weighted by Gasteiger charge is -2.16. The van der Waals surface area contributed by atoms with Crippen molar-refractivity contribution in [3.05, 3.63) is 35.5 Å². The van der Waals surface area contributed by atoms with Gasteiger partial charge in [0.2, 0.25) is 0 Å². The molecule has 23 heavy (non-hydrogen) atoms. The normalized spacial score (nSPS) is 19.7. The number of nitrogens with one attached hydrogen (secondary N) is 1. The molecule has 2 heterocycles. The fourth-order valence-corrected chi connectivity index (χ4v) is 4.64. The van der Waals surface area contributed by atoms with Crippen LogP contribution in [-0.4, -0.2) is 36.9 Å². The Morgan fingerprint density at radius 2 is 2.13 bits per heavy atom. The molecule has 3 rings (SSSR count). The molecule has 5 nitrogen and oxygen atoms in total. The second-order valence-corrected chi connectivity index (χ2v) is 8.44. The Morgan fingerprint density at radius 3 is 2.83 bits per heavy atom. The molecule has 1 saturated heterocycles. The highest BCUT2D eigenvalue weighted by molar-refractivity contribution is 7.87. The third-order valence-electron chi connectivity index (χ3n) is 4.63. The molecular formula is C17H25N3O2S. The minimum absolute atomic E-state index is 0.431. The van der Waals surface area contributed by atoms with Crippen LogP contribution in [0.1, 0.15) is 24.5 Å². The van der Waals surface area contributed by atoms with Crippen LogP contribution in [-0.2, 0) is 23.7 Å². The molecule has 1 N–H and O–H groups in total. The number of nitrogens with zero attached hydrogens (tertiary/aromatic N) is 2. The summed E-state index contributed by atoms with van der Waals surface area (Å²) in [6, 6.07) is 6.38. The summed E-state index contributed by atoms with van der Waals surface area (Å²) in [6.45, 7) is 5.86.